The van der Waals surface area contributed by atoms with Crippen molar-refractivity contribution >= 4 is 11.9 Å². The van der Waals surface area contributed by atoms with Gasteiger partial charge in [0.05, 0.1) is 36.6 Å². The van der Waals surface area contributed by atoms with Crippen LogP contribution in [0.2, 0.25) is 0 Å². The van der Waals surface area contributed by atoms with E-state index in [-0.39, 0.29) is 24.1 Å². The third-order valence-corrected chi connectivity index (χ3v) is 5.88. The number of hydrogen-bond acceptors (Lipinski definition) is 8. The number of esters is 1. The lowest BCUT2D eigenvalue weighted by molar-refractivity contribution is -0.130. The molecule has 0 saturated heterocycles. The Labute approximate surface area is 203 Å². The molecule has 1 amide bonds. The van der Waals surface area contributed by atoms with Crippen LogP contribution in [0.1, 0.15) is 52.3 Å². The molecule has 0 bridgehead atoms. The molecule has 0 fully saturated rings. The molecular formula is C26H28N2O7. The van der Waals surface area contributed by atoms with E-state index in [1.165, 1.54) is 20.1 Å². The predicted octanol–water partition coefficient (Wildman–Crippen LogP) is 4.06. The van der Waals surface area contributed by atoms with Gasteiger partial charge in [-0.3, -0.25) is 4.79 Å². The smallest absolute Gasteiger partial charge is 0.339 e. The summed E-state index contributed by atoms with van der Waals surface area (Å²) < 4.78 is 27.4. The first kappa shape index (κ1) is 24.1. The van der Waals surface area contributed by atoms with Gasteiger partial charge < -0.3 is 28.8 Å². The maximum absolute atomic E-state index is 12.7. The van der Waals surface area contributed by atoms with E-state index in [0.717, 1.165) is 22.6 Å². The van der Waals surface area contributed by atoms with Gasteiger partial charge in [-0.2, -0.15) is 0 Å². The minimum absolute atomic E-state index is 0.206. The second-order valence-corrected chi connectivity index (χ2v) is 8.24. The van der Waals surface area contributed by atoms with Crippen LogP contribution in [0.15, 0.2) is 47.0 Å². The number of fused-ring (bicyclic) bond motifs is 1. The Morgan fingerprint density at radius 1 is 1.17 bits per heavy atom. The van der Waals surface area contributed by atoms with Gasteiger partial charge in [-0.1, -0.05) is 23.4 Å². The fourth-order valence-corrected chi connectivity index (χ4v) is 3.83. The molecule has 1 N–H and O–H groups in total. The average Bonchev–Trinajstić information content (AvgIpc) is 3.19. The van der Waals surface area contributed by atoms with Crippen molar-refractivity contribution in [2.45, 2.75) is 45.9 Å². The average molecular weight is 481 g/mol. The summed E-state index contributed by atoms with van der Waals surface area (Å²) in [6.07, 6.45) is -0.352. The number of hydrogen-bond donors (Lipinski definition) is 1. The number of nitrogens with zero attached hydrogens (tertiary/aromatic N) is 1. The molecule has 2 atom stereocenters. The monoisotopic (exact) mass is 480 g/mol. The molecule has 0 radical (unpaired) electrons. The van der Waals surface area contributed by atoms with Crippen molar-refractivity contribution in [2.75, 3.05) is 13.7 Å². The summed E-state index contributed by atoms with van der Waals surface area (Å²) >= 11 is 0. The number of aromatic nitrogens is 1. The van der Waals surface area contributed by atoms with Crippen LogP contribution >= 0.6 is 0 Å². The van der Waals surface area contributed by atoms with E-state index in [9.17, 15) is 9.59 Å². The molecule has 9 nitrogen and oxygen atoms in total. The number of carbonyl (C=O) groups excluding carboxylic acids is 2. The van der Waals surface area contributed by atoms with Crippen molar-refractivity contribution in [3.05, 3.63) is 70.6 Å². The molecule has 0 aliphatic carbocycles. The highest BCUT2D eigenvalue weighted by Crippen LogP contribution is 2.32. The Hall–Kier alpha value is -4.01. The quantitative estimate of drug-likeness (QED) is 0.481. The topological polar surface area (TPSA) is 109 Å². The molecule has 2 heterocycles. The maximum Gasteiger partial charge on any atom is 0.339 e. The van der Waals surface area contributed by atoms with Gasteiger partial charge in [0, 0.05) is 12.0 Å². The molecule has 184 valence electrons. The maximum atomic E-state index is 12.7. The Morgan fingerprint density at radius 2 is 1.97 bits per heavy atom. The van der Waals surface area contributed by atoms with E-state index in [2.05, 4.69) is 10.5 Å². The summed E-state index contributed by atoms with van der Waals surface area (Å²) in [5.74, 6) is 1.22. The van der Waals surface area contributed by atoms with Crippen LogP contribution < -0.4 is 19.5 Å². The standard InChI is InChI=1S/C26H28N2O7/c1-15-20(16(2)35-28-15)14-33-23-10-9-18(13-24(23)31-4)26(30)34-17(3)25(29)27-21-11-12-32-22-8-6-5-7-19(21)22/h5-10,13,17,21H,11-12,14H2,1-4H3,(H,27,29). The number of aryl methyl sites for hydroxylation is 2. The lowest BCUT2D eigenvalue weighted by Gasteiger charge is -2.27. The Balaban J connectivity index is 1.38. The van der Waals surface area contributed by atoms with E-state index in [4.69, 9.17) is 23.5 Å². The van der Waals surface area contributed by atoms with Crippen molar-refractivity contribution in [2.24, 2.45) is 0 Å². The first-order chi connectivity index (χ1) is 16.9. The lowest BCUT2D eigenvalue weighted by Crippen LogP contribution is -2.39. The van der Waals surface area contributed by atoms with Crippen molar-refractivity contribution < 1.29 is 33.1 Å². The second-order valence-electron chi connectivity index (χ2n) is 8.24. The van der Waals surface area contributed by atoms with Gasteiger partial charge in [-0.25, -0.2) is 4.79 Å². The normalized spacial score (nSPS) is 15.4. The van der Waals surface area contributed by atoms with E-state index in [1.807, 2.05) is 38.1 Å². The highest BCUT2D eigenvalue weighted by molar-refractivity contribution is 5.93. The molecule has 35 heavy (non-hydrogen) atoms. The summed E-state index contributed by atoms with van der Waals surface area (Å²) in [5, 5.41) is 6.86. The Bertz CT molecular complexity index is 1200. The zero-order valence-corrected chi connectivity index (χ0v) is 20.1. The molecule has 9 heteroatoms. The first-order valence-corrected chi connectivity index (χ1v) is 11.3. The van der Waals surface area contributed by atoms with Crippen LogP contribution in [0.3, 0.4) is 0 Å². The van der Waals surface area contributed by atoms with Gasteiger partial charge in [0.15, 0.2) is 17.6 Å². The van der Waals surface area contributed by atoms with Crippen molar-refractivity contribution in [1.29, 1.82) is 0 Å². The molecule has 2 aromatic carbocycles. The van der Waals surface area contributed by atoms with Gasteiger partial charge in [-0.15, -0.1) is 0 Å². The molecule has 1 aliphatic rings. The van der Waals surface area contributed by atoms with E-state index in [1.54, 1.807) is 12.1 Å². The Morgan fingerprint density at radius 3 is 2.71 bits per heavy atom. The molecule has 0 spiro atoms. The summed E-state index contributed by atoms with van der Waals surface area (Å²) in [6, 6.07) is 12.1. The zero-order valence-electron chi connectivity index (χ0n) is 20.1. The third-order valence-electron chi connectivity index (χ3n) is 5.88. The van der Waals surface area contributed by atoms with Crippen LogP contribution in [-0.2, 0) is 16.1 Å². The molecule has 4 rings (SSSR count). The van der Waals surface area contributed by atoms with Gasteiger partial charge in [-0.05, 0) is 45.0 Å². The van der Waals surface area contributed by atoms with Gasteiger partial charge >= 0.3 is 5.97 Å². The molecule has 3 aromatic rings. The van der Waals surface area contributed by atoms with Gasteiger partial charge in [0.25, 0.3) is 5.91 Å². The van der Waals surface area contributed by atoms with Crippen LogP contribution in [-0.4, -0.2) is 36.9 Å². The van der Waals surface area contributed by atoms with Gasteiger partial charge in [0.1, 0.15) is 18.1 Å². The Kier molecular flexibility index (Phi) is 7.24. The number of nitrogens with one attached hydrogen (secondary N) is 1. The molecule has 1 aromatic heterocycles. The summed E-state index contributed by atoms with van der Waals surface area (Å²) in [7, 11) is 1.48. The largest absolute Gasteiger partial charge is 0.493 e. The lowest BCUT2D eigenvalue weighted by atomic mass is 10.0. The predicted molar refractivity (Wildman–Crippen MR) is 126 cm³/mol. The molecule has 1 aliphatic heterocycles. The number of methoxy groups -OCH3 is 1. The number of para-hydroxylation sites is 1. The van der Waals surface area contributed by atoms with Crippen molar-refractivity contribution in [3.8, 4) is 17.2 Å². The number of rotatable bonds is 8. The fraction of sp³-hybridized carbons (Fsp3) is 0.346. The van der Waals surface area contributed by atoms with Crippen LogP contribution in [0.25, 0.3) is 0 Å². The number of ether oxygens (including phenoxy) is 4. The number of carbonyl (C=O) groups is 2. The van der Waals surface area contributed by atoms with E-state index in [0.29, 0.717) is 30.3 Å². The minimum atomic E-state index is -0.987. The van der Waals surface area contributed by atoms with E-state index < -0.39 is 12.1 Å². The van der Waals surface area contributed by atoms with Crippen LogP contribution in [0.5, 0.6) is 17.2 Å². The van der Waals surface area contributed by atoms with Crippen LogP contribution in [0.4, 0.5) is 0 Å². The van der Waals surface area contributed by atoms with Crippen molar-refractivity contribution in [3.63, 3.8) is 0 Å². The molecule has 2 unspecified atom stereocenters. The summed E-state index contributed by atoms with van der Waals surface area (Å²) in [4.78, 5) is 25.5. The van der Waals surface area contributed by atoms with Crippen LogP contribution in [0, 0.1) is 13.8 Å². The third kappa shape index (κ3) is 5.40. The van der Waals surface area contributed by atoms with Crippen molar-refractivity contribution in [1.82, 2.24) is 10.5 Å². The molecule has 0 saturated carbocycles. The van der Waals surface area contributed by atoms with Gasteiger partial charge in [0.2, 0.25) is 0 Å². The first-order valence-electron chi connectivity index (χ1n) is 11.3. The SMILES string of the molecule is COc1cc(C(=O)OC(C)C(=O)NC2CCOc3ccccc32)ccc1OCc1c(C)noc1C. The fourth-order valence-electron chi connectivity index (χ4n) is 3.83. The zero-order chi connectivity index (χ0) is 24.9. The minimum Gasteiger partial charge on any atom is -0.493 e. The highest BCUT2D eigenvalue weighted by Gasteiger charge is 2.26. The summed E-state index contributed by atoms with van der Waals surface area (Å²) in [5.41, 5.74) is 2.74. The van der Waals surface area contributed by atoms with E-state index >= 15 is 0 Å². The number of amides is 1. The second kappa shape index (κ2) is 10.5. The highest BCUT2D eigenvalue weighted by atomic mass is 16.5. The molecular weight excluding hydrogens is 452 g/mol. The number of benzene rings is 2. The summed E-state index contributed by atoms with van der Waals surface area (Å²) in [6.45, 7) is 5.93.